The molecule has 0 aliphatic carbocycles. The lowest BCUT2D eigenvalue weighted by molar-refractivity contribution is -0.134. The molecule has 0 atom stereocenters. The van der Waals surface area contributed by atoms with Gasteiger partial charge in [0, 0.05) is 13.1 Å². The molecular formula is C20H32N2O2. The van der Waals surface area contributed by atoms with Gasteiger partial charge in [-0.1, -0.05) is 39.0 Å². The minimum absolute atomic E-state index is 0.00526. The minimum atomic E-state index is 0.00526. The molecule has 0 bridgehead atoms. The minimum Gasteiger partial charge on any atom is -0.483 e. The van der Waals surface area contributed by atoms with E-state index in [-0.39, 0.29) is 17.9 Å². The fourth-order valence-electron chi connectivity index (χ4n) is 3.26. The van der Waals surface area contributed by atoms with Crippen LogP contribution in [0.2, 0.25) is 0 Å². The van der Waals surface area contributed by atoms with Gasteiger partial charge in [0.05, 0.1) is 0 Å². The number of carbonyl (C=O) groups is 1. The Kier molecular flexibility index (Phi) is 6.67. The lowest BCUT2D eigenvalue weighted by Crippen LogP contribution is -2.41. The molecule has 1 aliphatic heterocycles. The number of piperidine rings is 1. The molecule has 1 N–H and O–H groups in total. The molecule has 1 fully saturated rings. The molecule has 1 aromatic carbocycles. The summed E-state index contributed by atoms with van der Waals surface area (Å²) >= 11 is 0. The molecule has 1 amide bonds. The molecule has 0 spiro atoms. The van der Waals surface area contributed by atoms with Crippen LogP contribution in [-0.4, -0.2) is 44.1 Å². The normalized spacial score (nSPS) is 16.2. The van der Waals surface area contributed by atoms with Crippen LogP contribution < -0.4 is 10.1 Å². The van der Waals surface area contributed by atoms with Gasteiger partial charge in [0.2, 0.25) is 0 Å². The van der Waals surface area contributed by atoms with E-state index in [2.05, 4.69) is 32.2 Å². The van der Waals surface area contributed by atoms with Crippen molar-refractivity contribution in [1.82, 2.24) is 10.2 Å². The quantitative estimate of drug-likeness (QED) is 0.870. The molecule has 1 aromatic rings. The second-order valence-electron chi connectivity index (χ2n) is 7.75. The van der Waals surface area contributed by atoms with Gasteiger partial charge in [0.15, 0.2) is 6.61 Å². The topological polar surface area (TPSA) is 41.6 Å². The fourth-order valence-corrected chi connectivity index (χ4v) is 3.26. The van der Waals surface area contributed by atoms with Crippen molar-refractivity contribution in [3.05, 3.63) is 29.8 Å². The average molecular weight is 332 g/mol. The van der Waals surface area contributed by atoms with E-state index < -0.39 is 0 Å². The van der Waals surface area contributed by atoms with Crippen molar-refractivity contribution in [3.8, 4) is 5.75 Å². The first-order chi connectivity index (χ1) is 11.4. The second-order valence-corrected chi connectivity index (χ2v) is 7.75. The number of para-hydroxylation sites is 1. The van der Waals surface area contributed by atoms with Crippen LogP contribution in [0.15, 0.2) is 24.3 Å². The monoisotopic (exact) mass is 332 g/mol. The van der Waals surface area contributed by atoms with E-state index >= 15 is 0 Å². The first-order valence-corrected chi connectivity index (χ1v) is 9.06. The third-order valence-electron chi connectivity index (χ3n) is 4.82. The molecule has 2 rings (SSSR count). The third kappa shape index (κ3) is 5.23. The van der Waals surface area contributed by atoms with Crippen LogP contribution in [0, 0.1) is 5.92 Å². The maximum absolute atomic E-state index is 12.4. The van der Waals surface area contributed by atoms with E-state index in [0.29, 0.717) is 0 Å². The number of carbonyl (C=O) groups excluding carboxylic acids is 1. The Bertz CT molecular complexity index is 529. The van der Waals surface area contributed by atoms with E-state index in [1.54, 1.807) is 0 Å². The van der Waals surface area contributed by atoms with Gasteiger partial charge in [-0.15, -0.1) is 0 Å². The molecule has 24 heavy (non-hydrogen) atoms. The fraction of sp³-hybridized carbons (Fsp3) is 0.650. The van der Waals surface area contributed by atoms with Crippen molar-refractivity contribution in [2.75, 3.05) is 33.3 Å². The van der Waals surface area contributed by atoms with Gasteiger partial charge in [0.1, 0.15) is 5.75 Å². The number of rotatable bonds is 6. The SMILES string of the molecule is CNCCC1CCN(C(=O)COc2ccccc2C(C)(C)C)CC1. The maximum Gasteiger partial charge on any atom is 0.260 e. The first-order valence-electron chi connectivity index (χ1n) is 9.06. The van der Waals surface area contributed by atoms with Crippen LogP contribution in [0.3, 0.4) is 0 Å². The van der Waals surface area contributed by atoms with E-state index in [9.17, 15) is 4.79 Å². The van der Waals surface area contributed by atoms with E-state index in [0.717, 1.165) is 49.7 Å². The molecule has 134 valence electrons. The lowest BCUT2D eigenvalue weighted by atomic mass is 9.86. The van der Waals surface area contributed by atoms with Gasteiger partial charge in [0.25, 0.3) is 5.91 Å². The Morgan fingerprint density at radius 1 is 1.25 bits per heavy atom. The zero-order valence-electron chi connectivity index (χ0n) is 15.6. The molecule has 0 radical (unpaired) electrons. The summed E-state index contributed by atoms with van der Waals surface area (Å²) in [6.07, 6.45) is 3.41. The summed E-state index contributed by atoms with van der Waals surface area (Å²) in [6, 6.07) is 8.01. The summed E-state index contributed by atoms with van der Waals surface area (Å²) in [4.78, 5) is 14.4. The van der Waals surface area contributed by atoms with Gasteiger partial charge >= 0.3 is 0 Å². The van der Waals surface area contributed by atoms with Gasteiger partial charge in [-0.05, 0) is 55.8 Å². The summed E-state index contributed by atoms with van der Waals surface area (Å²) < 4.78 is 5.87. The molecule has 1 saturated heterocycles. The largest absolute Gasteiger partial charge is 0.483 e. The van der Waals surface area contributed by atoms with Crippen LogP contribution in [0.5, 0.6) is 5.75 Å². The summed E-state index contributed by atoms with van der Waals surface area (Å²) in [5.41, 5.74) is 1.15. The van der Waals surface area contributed by atoms with Gasteiger partial charge < -0.3 is 15.0 Å². The lowest BCUT2D eigenvalue weighted by Gasteiger charge is -2.32. The van der Waals surface area contributed by atoms with Crippen LogP contribution in [-0.2, 0) is 10.2 Å². The van der Waals surface area contributed by atoms with Crippen molar-refractivity contribution in [2.24, 2.45) is 5.92 Å². The van der Waals surface area contributed by atoms with Gasteiger partial charge in [-0.3, -0.25) is 4.79 Å². The second kappa shape index (κ2) is 8.52. The zero-order chi connectivity index (χ0) is 17.6. The zero-order valence-corrected chi connectivity index (χ0v) is 15.6. The highest BCUT2D eigenvalue weighted by Gasteiger charge is 2.24. The molecule has 4 nitrogen and oxygen atoms in total. The van der Waals surface area contributed by atoms with Crippen molar-refractivity contribution < 1.29 is 9.53 Å². The first kappa shape index (κ1) is 18.8. The predicted molar refractivity (Wildman–Crippen MR) is 98.5 cm³/mol. The van der Waals surface area contributed by atoms with E-state index in [1.807, 2.05) is 30.1 Å². The van der Waals surface area contributed by atoms with Gasteiger partial charge in [-0.2, -0.15) is 0 Å². The highest BCUT2D eigenvalue weighted by molar-refractivity contribution is 5.77. The number of ether oxygens (including phenoxy) is 1. The van der Waals surface area contributed by atoms with Crippen LogP contribution in [0.25, 0.3) is 0 Å². The predicted octanol–water partition coefficient (Wildman–Crippen LogP) is 3.21. The molecule has 1 heterocycles. The molecule has 4 heteroatoms. The third-order valence-corrected chi connectivity index (χ3v) is 4.82. The molecule has 1 aliphatic rings. The Hall–Kier alpha value is -1.55. The van der Waals surface area contributed by atoms with Crippen LogP contribution >= 0.6 is 0 Å². The summed E-state index contributed by atoms with van der Waals surface area (Å²) in [7, 11) is 1.99. The Labute approximate surface area is 146 Å². The van der Waals surface area contributed by atoms with Crippen molar-refractivity contribution >= 4 is 5.91 Å². The molecular weight excluding hydrogens is 300 g/mol. The van der Waals surface area contributed by atoms with E-state index in [1.165, 1.54) is 6.42 Å². The van der Waals surface area contributed by atoms with E-state index in [4.69, 9.17) is 4.74 Å². The number of nitrogens with one attached hydrogen (secondary N) is 1. The number of hydrogen-bond acceptors (Lipinski definition) is 3. The summed E-state index contributed by atoms with van der Waals surface area (Å²) in [5.74, 6) is 1.66. The number of amides is 1. The number of nitrogens with zero attached hydrogens (tertiary/aromatic N) is 1. The smallest absolute Gasteiger partial charge is 0.260 e. The molecule has 0 unspecified atom stereocenters. The Morgan fingerprint density at radius 2 is 1.92 bits per heavy atom. The van der Waals surface area contributed by atoms with Crippen molar-refractivity contribution in [3.63, 3.8) is 0 Å². The summed E-state index contributed by atoms with van der Waals surface area (Å²) in [6.45, 7) is 9.39. The number of hydrogen-bond donors (Lipinski definition) is 1. The van der Waals surface area contributed by atoms with Crippen molar-refractivity contribution in [2.45, 2.75) is 45.4 Å². The standard InChI is InChI=1S/C20H32N2O2/c1-20(2,3)17-7-5-6-8-18(17)24-15-19(23)22-13-10-16(11-14-22)9-12-21-4/h5-8,16,21H,9-15H2,1-4H3. The van der Waals surface area contributed by atoms with Crippen molar-refractivity contribution in [1.29, 1.82) is 0 Å². The highest BCUT2D eigenvalue weighted by atomic mass is 16.5. The number of benzene rings is 1. The van der Waals surface area contributed by atoms with Crippen LogP contribution in [0.4, 0.5) is 0 Å². The highest BCUT2D eigenvalue weighted by Crippen LogP contribution is 2.31. The Morgan fingerprint density at radius 3 is 2.54 bits per heavy atom. The maximum atomic E-state index is 12.4. The number of likely N-dealkylation sites (tertiary alicyclic amines) is 1. The molecule has 0 aromatic heterocycles. The summed E-state index contributed by atoms with van der Waals surface area (Å²) in [5, 5.41) is 3.20. The van der Waals surface area contributed by atoms with Gasteiger partial charge in [-0.25, -0.2) is 0 Å². The Balaban J connectivity index is 1.84. The molecule has 0 saturated carbocycles. The van der Waals surface area contributed by atoms with Crippen LogP contribution in [0.1, 0.15) is 45.6 Å². The average Bonchev–Trinajstić information content (AvgIpc) is 2.57.